The van der Waals surface area contributed by atoms with Crippen LogP contribution in [0.3, 0.4) is 0 Å². The van der Waals surface area contributed by atoms with Crippen LogP contribution >= 0.6 is 0 Å². The van der Waals surface area contributed by atoms with Gasteiger partial charge in [-0.25, -0.2) is 0 Å². The lowest BCUT2D eigenvalue weighted by Gasteiger charge is -2.35. The van der Waals surface area contributed by atoms with E-state index in [4.69, 9.17) is 5.73 Å². The van der Waals surface area contributed by atoms with Crippen LogP contribution in [0.1, 0.15) is 47.6 Å². The molecular weight excluding hydrogens is 372 g/mol. The summed E-state index contributed by atoms with van der Waals surface area (Å²) >= 11 is 0. The van der Waals surface area contributed by atoms with Crippen molar-refractivity contribution >= 4 is 23.0 Å². The van der Waals surface area contributed by atoms with Crippen LogP contribution in [-0.2, 0) is 11.2 Å². The molecule has 2 aromatic carbocycles. The second-order valence-electron chi connectivity index (χ2n) is 8.45. The van der Waals surface area contributed by atoms with Crippen molar-refractivity contribution in [1.82, 2.24) is 5.32 Å². The topological polar surface area (TPSA) is 70.4 Å². The number of piperidine rings is 1. The number of nitrogens with zero attached hydrogens (tertiary/aromatic N) is 1. The Bertz CT molecular complexity index is 885. The molecule has 1 aliphatic heterocycles. The van der Waals surface area contributed by atoms with Crippen LogP contribution in [0, 0.1) is 27.7 Å². The SMILES string of the molecule is CCc1ccccc1N1CCC(NC(=O)CNc2c(C)c(C)c(N)c(C)c2C)CC1. The van der Waals surface area contributed by atoms with Crippen molar-refractivity contribution < 1.29 is 4.79 Å². The molecule has 1 amide bonds. The zero-order valence-corrected chi connectivity index (χ0v) is 19.1. The van der Waals surface area contributed by atoms with Crippen molar-refractivity contribution in [2.45, 2.75) is 59.9 Å². The molecule has 0 unspecified atom stereocenters. The van der Waals surface area contributed by atoms with E-state index in [9.17, 15) is 4.79 Å². The molecule has 1 fully saturated rings. The fraction of sp³-hybridized carbons (Fsp3) is 0.480. The largest absolute Gasteiger partial charge is 0.398 e. The maximum atomic E-state index is 12.6. The van der Waals surface area contributed by atoms with Crippen molar-refractivity contribution in [1.29, 1.82) is 0 Å². The molecule has 0 spiro atoms. The smallest absolute Gasteiger partial charge is 0.239 e. The molecule has 30 heavy (non-hydrogen) atoms. The van der Waals surface area contributed by atoms with E-state index in [1.165, 1.54) is 11.3 Å². The number of carbonyl (C=O) groups excluding carboxylic acids is 1. The van der Waals surface area contributed by atoms with Gasteiger partial charge >= 0.3 is 0 Å². The second-order valence-corrected chi connectivity index (χ2v) is 8.45. The molecule has 1 saturated heterocycles. The third-order valence-electron chi connectivity index (χ3n) is 6.68. The fourth-order valence-electron chi connectivity index (χ4n) is 4.44. The van der Waals surface area contributed by atoms with Gasteiger partial charge in [0.05, 0.1) is 6.54 Å². The summed E-state index contributed by atoms with van der Waals surface area (Å²) in [4.78, 5) is 15.0. The average molecular weight is 409 g/mol. The van der Waals surface area contributed by atoms with E-state index in [0.29, 0.717) is 0 Å². The molecule has 0 bridgehead atoms. The number of nitrogens with one attached hydrogen (secondary N) is 2. The normalized spacial score (nSPS) is 14.6. The van der Waals surface area contributed by atoms with E-state index < -0.39 is 0 Å². The molecule has 2 aromatic rings. The molecule has 0 atom stereocenters. The first-order chi connectivity index (χ1) is 14.3. The number of anilines is 3. The molecule has 0 aliphatic carbocycles. The van der Waals surface area contributed by atoms with Gasteiger partial charge in [0, 0.05) is 36.2 Å². The lowest BCUT2D eigenvalue weighted by atomic mass is 9.96. The molecule has 5 heteroatoms. The number of para-hydroxylation sites is 1. The molecule has 1 heterocycles. The van der Waals surface area contributed by atoms with E-state index in [0.717, 1.165) is 66.0 Å². The molecule has 162 valence electrons. The van der Waals surface area contributed by atoms with Crippen molar-refractivity contribution in [2.24, 2.45) is 0 Å². The Hall–Kier alpha value is -2.69. The van der Waals surface area contributed by atoms with Gasteiger partial charge in [0.1, 0.15) is 0 Å². The molecule has 0 saturated carbocycles. The van der Waals surface area contributed by atoms with E-state index >= 15 is 0 Å². The molecule has 1 aliphatic rings. The Balaban J connectivity index is 1.54. The number of hydrogen-bond donors (Lipinski definition) is 3. The highest BCUT2D eigenvalue weighted by atomic mass is 16.2. The predicted molar refractivity (Wildman–Crippen MR) is 127 cm³/mol. The number of hydrogen-bond acceptors (Lipinski definition) is 4. The maximum Gasteiger partial charge on any atom is 0.239 e. The molecule has 0 aromatic heterocycles. The summed E-state index contributed by atoms with van der Waals surface area (Å²) in [6.07, 6.45) is 2.99. The Morgan fingerprint density at radius 2 is 1.63 bits per heavy atom. The third-order valence-corrected chi connectivity index (χ3v) is 6.68. The number of rotatable bonds is 6. The first kappa shape index (κ1) is 22.0. The lowest BCUT2D eigenvalue weighted by molar-refractivity contribution is -0.120. The van der Waals surface area contributed by atoms with E-state index in [-0.39, 0.29) is 18.5 Å². The minimum absolute atomic E-state index is 0.0494. The molecule has 4 N–H and O–H groups in total. The molecule has 5 nitrogen and oxygen atoms in total. The van der Waals surface area contributed by atoms with Gasteiger partial charge in [-0.3, -0.25) is 4.79 Å². The van der Waals surface area contributed by atoms with Crippen molar-refractivity contribution in [2.75, 3.05) is 35.6 Å². The minimum Gasteiger partial charge on any atom is -0.398 e. The summed E-state index contributed by atoms with van der Waals surface area (Å²) in [5.74, 6) is 0.0494. The number of benzene rings is 2. The highest BCUT2D eigenvalue weighted by Crippen LogP contribution is 2.32. The van der Waals surface area contributed by atoms with Gasteiger partial charge in [0.15, 0.2) is 0 Å². The van der Waals surface area contributed by atoms with Gasteiger partial charge in [-0.05, 0) is 80.8 Å². The van der Waals surface area contributed by atoms with Crippen LogP contribution in [0.4, 0.5) is 17.1 Å². The Labute approximate surface area is 181 Å². The lowest BCUT2D eigenvalue weighted by Crippen LogP contribution is -2.46. The van der Waals surface area contributed by atoms with Crippen LogP contribution < -0.4 is 21.3 Å². The van der Waals surface area contributed by atoms with Gasteiger partial charge in [0.25, 0.3) is 0 Å². The zero-order valence-electron chi connectivity index (χ0n) is 19.1. The highest BCUT2D eigenvalue weighted by Gasteiger charge is 2.22. The first-order valence-corrected chi connectivity index (χ1v) is 11.0. The Morgan fingerprint density at radius 3 is 2.23 bits per heavy atom. The van der Waals surface area contributed by atoms with Crippen LogP contribution in [-0.4, -0.2) is 31.6 Å². The average Bonchev–Trinajstić information content (AvgIpc) is 2.77. The van der Waals surface area contributed by atoms with Crippen LogP contribution in [0.5, 0.6) is 0 Å². The summed E-state index contributed by atoms with van der Waals surface area (Å²) < 4.78 is 0. The number of nitrogen functional groups attached to an aromatic ring is 1. The molecule has 0 radical (unpaired) electrons. The van der Waals surface area contributed by atoms with Gasteiger partial charge in [-0.15, -0.1) is 0 Å². The van der Waals surface area contributed by atoms with Gasteiger partial charge in [0.2, 0.25) is 5.91 Å². The minimum atomic E-state index is 0.0494. The number of carbonyl (C=O) groups is 1. The van der Waals surface area contributed by atoms with Gasteiger partial charge < -0.3 is 21.3 Å². The second kappa shape index (κ2) is 9.41. The summed E-state index contributed by atoms with van der Waals surface area (Å²) in [5, 5.41) is 6.57. The van der Waals surface area contributed by atoms with Crippen LogP contribution in [0.2, 0.25) is 0 Å². The Kier molecular flexibility index (Phi) is 6.91. The quantitative estimate of drug-likeness (QED) is 0.625. The van der Waals surface area contributed by atoms with Crippen LogP contribution in [0.25, 0.3) is 0 Å². The Morgan fingerprint density at radius 1 is 1.03 bits per heavy atom. The van der Waals surface area contributed by atoms with Crippen molar-refractivity contribution in [3.05, 3.63) is 52.1 Å². The van der Waals surface area contributed by atoms with Gasteiger partial charge in [-0.1, -0.05) is 25.1 Å². The summed E-state index contributed by atoms with van der Waals surface area (Å²) in [6.45, 7) is 12.6. The summed E-state index contributed by atoms with van der Waals surface area (Å²) in [6, 6.07) is 8.87. The number of nitrogens with two attached hydrogens (primary N) is 1. The monoisotopic (exact) mass is 408 g/mol. The first-order valence-electron chi connectivity index (χ1n) is 11.0. The number of amides is 1. The molecular formula is C25H36N4O. The summed E-state index contributed by atoms with van der Waals surface area (Å²) in [5.41, 5.74) is 15.2. The van der Waals surface area contributed by atoms with Crippen LogP contribution in [0.15, 0.2) is 24.3 Å². The fourth-order valence-corrected chi connectivity index (χ4v) is 4.44. The third kappa shape index (κ3) is 4.55. The van der Waals surface area contributed by atoms with E-state index in [1.54, 1.807) is 0 Å². The zero-order chi connectivity index (χ0) is 21.8. The standard InChI is InChI=1S/C25H36N4O/c1-6-20-9-7-8-10-22(20)29-13-11-21(12-14-29)28-23(30)15-27-25-18(4)16(2)24(26)17(3)19(25)5/h7-10,21,27H,6,11-15,26H2,1-5H3,(H,28,30). The number of aryl methyl sites for hydroxylation is 1. The molecule has 3 rings (SSSR count). The summed E-state index contributed by atoms with van der Waals surface area (Å²) in [7, 11) is 0. The van der Waals surface area contributed by atoms with E-state index in [1.807, 2.05) is 13.8 Å². The van der Waals surface area contributed by atoms with Crippen molar-refractivity contribution in [3.8, 4) is 0 Å². The van der Waals surface area contributed by atoms with E-state index in [2.05, 4.69) is 60.6 Å². The van der Waals surface area contributed by atoms with Crippen molar-refractivity contribution in [3.63, 3.8) is 0 Å². The van der Waals surface area contributed by atoms with Gasteiger partial charge in [-0.2, -0.15) is 0 Å². The highest BCUT2D eigenvalue weighted by molar-refractivity contribution is 5.82. The maximum absolute atomic E-state index is 12.6. The predicted octanol–water partition coefficient (Wildman–Crippen LogP) is 4.26.